The van der Waals surface area contributed by atoms with Gasteiger partial charge in [-0.05, 0) is 97.5 Å². The molecule has 0 bridgehead atoms. The van der Waals surface area contributed by atoms with E-state index in [1.807, 2.05) is 61.5 Å². The van der Waals surface area contributed by atoms with Gasteiger partial charge < -0.3 is 43.2 Å². The molecule has 1 unspecified atom stereocenters. The predicted molar refractivity (Wildman–Crippen MR) is 221 cm³/mol. The predicted octanol–water partition coefficient (Wildman–Crippen LogP) is 7.30. The van der Waals surface area contributed by atoms with Crippen LogP contribution in [0.25, 0.3) is 0 Å². The summed E-state index contributed by atoms with van der Waals surface area (Å²) in [5, 5.41) is 12.0. The Labute approximate surface area is 342 Å². The van der Waals surface area contributed by atoms with Crippen molar-refractivity contribution in [2.75, 3.05) is 81.5 Å². The molecule has 2 saturated heterocycles. The maximum absolute atomic E-state index is 15.9. The molecule has 3 aliphatic rings. The number of allylic oxidation sites excluding steroid dienone is 2. The lowest BCUT2D eigenvalue weighted by atomic mass is 9.62. The first kappa shape index (κ1) is 42.7. The number of amides is 1. The van der Waals surface area contributed by atoms with Crippen LogP contribution in [0.5, 0.6) is 34.5 Å². The van der Waals surface area contributed by atoms with E-state index in [-0.39, 0.29) is 18.4 Å². The lowest BCUT2D eigenvalue weighted by molar-refractivity contribution is -0.168. The summed E-state index contributed by atoms with van der Waals surface area (Å²) in [7, 11) is 7.80. The van der Waals surface area contributed by atoms with Gasteiger partial charge in [-0.15, -0.1) is 0 Å². The molecule has 2 heterocycles. The van der Waals surface area contributed by atoms with Gasteiger partial charge in [0.25, 0.3) is 0 Å². The minimum Gasteiger partial charge on any atom is -0.493 e. The van der Waals surface area contributed by atoms with Crippen LogP contribution < -0.4 is 28.4 Å². The Morgan fingerprint density at radius 3 is 2.17 bits per heavy atom. The van der Waals surface area contributed by atoms with Crippen LogP contribution in [0.15, 0.2) is 66.7 Å². The number of carboxylic acid groups (broad SMARTS) is 1. The van der Waals surface area contributed by atoms with E-state index in [0.29, 0.717) is 79.1 Å². The molecule has 0 radical (unpaired) electrons. The van der Waals surface area contributed by atoms with Gasteiger partial charge in [0.05, 0.1) is 54.7 Å². The molecular weight excluding hydrogens is 741 g/mol. The van der Waals surface area contributed by atoms with Crippen molar-refractivity contribution in [3.05, 3.63) is 83.4 Å². The molecule has 2 aliphatic heterocycles. The summed E-state index contributed by atoms with van der Waals surface area (Å²) in [5.41, 5.74) is 0.511. The number of carbonyl (C=O) groups is 2. The van der Waals surface area contributed by atoms with Gasteiger partial charge >= 0.3 is 5.97 Å². The molecule has 12 heteroatoms. The lowest BCUT2D eigenvalue weighted by Crippen LogP contribution is -2.66. The number of aliphatic carboxylic acids is 1. The number of methoxy groups -OCH3 is 5. The zero-order valence-corrected chi connectivity index (χ0v) is 34.9. The molecule has 12 nitrogen and oxygen atoms in total. The molecule has 1 N–H and O–H groups in total. The summed E-state index contributed by atoms with van der Waals surface area (Å²) < 4.78 is 40.4. The first-order chi connectivity index (χ1) is 28.2. The molecule has 0 saturated carbocycles. The Morgan fingerprint density at radius 2 is 1.55 bits per heavy atom. The Morgan fingerprint density at radius 1 is 0.828 bits per heavy atom. The van der Waals surface area contributed by atoms with Crippen LogP contribution in [0.3, 0.4) is 0 Å². The second kappa shape index (κ2) is 19.7. The standard InChI is InChI=1S/C46H60N2O10/c1-7-36(32-15-11-16-35(27-32)58-26-23-47-21-24-57-25-22-47)46(45(50)51)37(33-18-19-38(52-2)39(28-33)53-3)17-12-20-48(46)44(49)42(31-13-9-8-10-14-31)34-29-40(54-4)43(56-6)41(30-34)55-5/h9,11,13,15-16,18-19,27-31,36-37,42H,7-8,10,12,14,17,20-26H2,1-6H3,(H,50,51)/t31-,36?,37-,42+,46+/m1/s1. The molecule has 1 aliphatic carbocycles. The number of likely N-dealkylation sites (tertiary alicyclic amines) is 1. The summed E-state index contributed by atoms with van der Waals surface area (Å²) in [4.78, 5) is 34.6. The van der Waals surface area contributed by atoms with E-state index in [0.717, 1.165) is 50.0 Å². The van der Waals surface area contributed by atoms with Crippen molar-refractivity contribution < 1.29 is 47.9 Å². The zero-order chi connectivity index (χ0) is 41.2. The van der Waals surface area contributed by atoms with Gasteiger partial charge in [0.15, 0.2) is 28.5 Å². The fraction of sp³-hybridized carbons (Fsp3) is 0.522. The quantitative estimate of drug-likeness (QED) is 0.138. The molecule has 6 rings (SSSR count). The number of morpholine rings is 1. The second-order valence-corrected chi connectivity index (χ2v) is 15.2. The van der Waals surface area contributed by atoms with Gasteiger partial charge in [0.2, 0.25) is 11.7 Å². The van der Waals surface area contributed by atoms with Crippen molar-refractivity contribution in [1.82, 2.24) is 9.80 Å². The number of ether oxygens (including phenoxy) is 7. The molecule has 3 aromatic rings. The first-order valence-electron chi connectivity index (χ1n) is 20.5. The highest BCUT2D eigenvalue weighted by Gasteiger charge is 2.60. The molecule has 3 aromatic carbocycles. The average molecular weight is 801 g/mol. The Hall–Kier alpha value is -4.94. The molecule has 0 aromatic heterocycles. The van der Waals surface area contributed by atoms with Crippen LogP contribution in [0.2, 0.25) is 0 Å². The number of benzene rings is 3. The molecular formula is C46H60N2O10. The number of piperidine rings is 1. The van der Waals surface area contributed by atoms with Crippen LogP contribution in [0.1, 0.15) is 79.9 Å². The third-order valence-corrected chi connectivity index (χ3v) is 12.3. The van der Waals surface area contributed by atoms with Gasteiger partial charge in [0.1, 0.15) is 12.4 Å². The van der Waals surface area contributed by atoms with E-state index in [4.69, 9.17) is 33.2 Å². The number of carboxylic acids is 1. The molecule has 314 valence electrons. The number of hydrogen-bond donors (Lipinski definition) is 1. The zero-order valence-electron chi connectivity index (χ0n) is 34.9. The van der Waals surface area contributed by atoms with Crippen molar-refractivity contribution >= 4 is 11.9 Å². The van der Waals surface area contributed by atoms with Crippen LogP contribution in [0, 0.1) is 5.92 Å². The van der Waals surface area contributed by atoms with Crippen LogP contribution in [-0.2, 0) is 14.3 Å². The monoisotopic (exact) mass is 800 g/mol. The molecule has 1 amide bonds. The fourth-order valence-corrected chi connectivity index (χ4v) is 9.55. The van der Waals surface area contributed by atoms with E-state index < -0.39 is 29.3 Å². The normalized spacial score (nSPS) is 22.1. The average Bonchev–Trinajstić information content (AvgIpc) is 3.26. The molecule has 2 fully saturated rings. The molecule has 0 spiro atoms. The van der Waals surface area contributed by atoms with Crippen LogP contribution >= 0.6 is 0 Å². The third-order valence-electron chi connectivity index (χ3n) is 12.3. The minimum atomic E-state index is -1.71. The van der Waals surface area contributed by atoms with Crippen molar-refractivity contribution in [1.29, 1.82) is 0 Å². The summed E-state index contributed by atoms with van der Waals surface area (Å²) in [6.45, 7) is 6.64. The summed E-state index contributed by atoms with van der Waals surface area (Å²) >= 11 is 0. The Kier molecular flexibility index (Phi) is 14.5. The highest BCUT2D eigenvalue weighted by molar-refractivity contribution is 5.93. The Balaban J connectivity index is 1.51. The maximum Gasteiger partial charge on any atom is 0.330 e. The van der Waals surface area contributed by atoms with E-state index in [2.05, 4.69) is 17.1 Å². The van der Waals surface area contributed by atoms with E-state index >= 15 is 4.79 Å². The SMILES string of the molecule is CCC(c1cccc(OCCN2CCOCC2)c1)[C@@]1(C(=O)O)[C@@H](c2ccc(OC)c(OC)c2)CCCN1C(=O)[C@H](c1cc(OC)c(OC)c(OC)c1)[C@@H]1C=CCCC1. The van der Waals surface area contributed by atoms with Gasteiger partial charge in [0, 0.05) is 38.0 Å². The summed E-state index contributed by atoms with van der Waals surface area (Å²) in [5.74, 6) is -0.518. The minimum absolute atomic E-state index is 0.194. The summed E-state index contributed by atoms with van der Waals surface area (Å²) in [6.07, 6.45) is 8.40. The van der Waals surface area contributed by atoms with Crippen molar-refractivity contribution in [3.63, 3.8) is 0 Å². The third kappa shape index (κ3) is 8.59. The number of nitrogens with zero attached hydrogens (tertiary/aromatic N) is 2. The largest absolute Gasteiger partial charge is 0.493 e. The van der Waals surface area contributed by atoms with Gasteiger partial charge in [-0.3, -0.25) is 9.69 Å². The van der Waals surface area contributed by atoms with Crippen molar-refractivity contribution in [2.45, 2.75) is 68.7 Å². The first-order valence-corrected chi connectivity index (χ1v) is 20.5. The highest BCUT2D eigenvalue weighted by atomic mass is 16.5. The summed E-state index contributed by atoms with van der Waals surface area (Å²) in [6, 6.07) is 17.0. The van der Waals surface area contributed by atoms with E-state index in [1.165, 1.54) is 0 Å². The highest BCUT2D eigenvalue weighted by Crippen LogP contribution is 2.54. The maximum atomic E-state index is 15.9. The molecule has 5 atom stereocenters. The number of hydrogen-bond acceptors (Lipinski definition) is 10. The van der Waals surface area contributed by atoms with Gasteiger partial charge in [-0.25, -0.2) is 4.79 Å². The van der Waals surface area contributed by atoms with Crippen molar-refractivity contribution in [2.24, 2.45) is 5.92 Å². The number of rotatable bonds is 17. The van der Waals surface area contributed by atoms with E-state index in [9.17, 15) is 9.90 Å². The van der Waals surface area contributed by atoms with Crippen LogP contribution in [-0.4, -0.2) is 114 Å². The second-order valence-electron chi connectivity index (χ2n) is 15.2. The molecule has 58 heavy (non-hydrogen) atoms. The lowest BCUT2D eigenvalue weighted by Gasteiger charge is -2.54. The smallest absolute Gasteiger partial charge is 0.330 e. The number of carbonyl (C=O) groups excluding carboxylic acids is 1. The van der Waals surface area contributed by atoms with Crippen molar-refractivity contribution in [3.8, 4) is 34.5 Å². The van der Waals surface area contributed by atoms with E-state index in [1.54, 1.807) is 40.4 Å². The van der Waals surface area contributed by atoms with Crippen LogP contribution in [0.4, 0.5) is 0 Å². The Bertz CT molecular complexity index is 1870. The van der Waals surface area contributed by atoms with Gasteiger partial charge in [-0.1, -0.05) is 37.3 Å². The van der Waals surface area contributed by atoms with Gasteiger partial charge in [-0.2, -0.15) is 0 Å². The topological polar surface area (TPSA) is 125 Å². The fourth-order valence-electron chi connectivity index (χ4n) is 9.55.